The van der Waals surface area contributed by atoms with Gasteiger partial charge in [0.25, 0.3) is 0 Å². The second kappa shape index (κ2) is 5.17. The highest BCUT2D eigenvalue weighted by Crippen LogP contribution is 2.27. The molecule has 0 saturated heterocycles. The van der Waals surface area contributed by atoms with Gasteiger partial charge in [0, 0.05) is 18.5 Å². The number of benzene rings is 1. The Kier molecular flexibility index (Phi) is 3.60. The number of carbonyl (C=O) groups excluding carboxylic acids is 1. The van der Waals surface area contributed by atoms with Crippen LogP contribution in [0, 0.1) is 5.92 Å². The number of aromatic nitrogens is 1. The summed E-state index contributed by atoms with van der Waals surface area (Å²) in [6.45, 7) is 5.77. The molecule has 1 unspecified atom stereocenters. The fourth-order valence-electron chi connectivity index (χ4n) is 2.21. The van der Waals surface area contributed by atoms with Crippen LogP contribution in [0.25, 0.3) is 10.9 Å². The first-order valence-electron chi connectivity index (χ1n) is 6.20. The van der Waals surface area contributed by atoms with Crippen molar-refractivity contribution >= 4 is 16.8 Å². The minimum absolute atomic E-state index is 0.00501. The third-order valence-corrected chi connectivity index (χ3v) is 3.04. The standard InChI is InChI=1S/C15H18N2O/c1-10(2)15(17-11(3)18)13-8-9-16-14-7-5-4-6-12(13)14/h4-10,15H,1-3H3,(H,17,18). The summed E-state index contributed by atoms with van der Waals surface area (Å²) in [5.74, 6) is 0.328. The van der Waals surface area contributed by atoms with Gasteiger partial charge < -0.3 is 5.32 Å². The Morgan fingerprint density at radius 2 is 1.94 bits per heavy atom. The quantitative estimate of drug-likeness (QED) is 0.898. The minimum Gasteiger partial charge on any atom is -0.349 e. The van der Waals surface area contributed by atoms with Gasteiger partial charge in [-0.1, -0.05) is 32.0 Å². The molecule has 3 heteroatoms. The van der Waals surface area contributed by atoms with Gasteiger partial charge in [-0.3, -0.25) is 9.78 Å². The van der Waals surface area contributed by atoms with Crippen LogP contribution in [0.3, 0.4) is 0 Å². The van der Waals surface area contributed by atoms with Crippen LogP contribution in [-0.2, 0) is 4.79 Å². The molecule has 1 aromatic heterocycles. The van der Waals surface area contributed by atoms with Crippen LogP contribution in [0.2, 0.25) is 0 Å². The second-order valence-electron chi connectivity index (χ2n) is 4.84. The monoisotopic (exact) mass is 242 g/mol. The molecule has 1 N–H and O–H groups in total. The molecule has 2 rings (SSSR count). The summed E-state index contributed by atoms with van der Waals surface area (Å²) in [6, 6.07) is 10.0. The summed E-state index contributed by atoms with van der Waals surface area (Å²) < 4.78 is 0. The lowest BCUT2D eigenvalue weighted by molar-refractivity contribution is -0.120. The van der Waals surface area contributed by atoms with Crippen molar-refractivity contribution in [1.29, 1.82) is 0 Å². The topological polar surface area (TPSA) is 42.0 Å². The Morgan fingerprint density at radius 1 is 1.22 bits per heavy atom. The fraction of sp³-hybridized carbons (Fsp3) is 0.333. The van der Waals surface area contributed by atoms with Crippen molar-refractivity contribution in [3.8, 4) is 0 Å². The van der Waals surface area contributed by atoms with Gasteiger partial charge in [-0.15, -0.1) is 0 Å². The number of nitrogens with zero attached hydrogens (tertiary/aromatic N) is 1. The van der Waals surface area contributed by atoms with Crippen molar-refractivity contribution in [2.75, 3.05) is 0 Å². The van der Waals surface area contributed by atoms with E-state index in [0.717, 1.165) is 16.5 Å². The third-order valence-electron chi connectivity index (χ3n) is 3.04. The number of hydrogen-bond donors (Lipinski definition) is 1. The van der Waals surface area contributed by atoms with Gasteiger partial charge in [0.15, 0.2) is 0 Å². The average molecular weight is 242 g/mol. The molecule has 3 nitrogen and oxygen atoms in total. The van der Waals surface area contributed by atoms with Gasteiger partial charge in [0.1, 0.15) is 0 Å². The van der Waals surface area contributed by atoms with Crippen LogP contribution >= 0.6 is 0 Å². The predicted molar refractivity (Wildman–Crippen MR) is 73.1 cm³/mol. The highest BCUT2D eigenvalue weighted by molar-refractivity contribution is 5.83. The summed E-state index contributed by atoms with van der Waals surface area (Å²) in [5.41, 5.74) is 2.09. The van der Waals surface area contributed by atoms with Crippen molar-refractivity contribution in [2.24, 2.45) is 5.92 Å². The molecular weight excluding hydrogens is 224 g/mol. The highest BCUT2D eigenvalue weighted by atomic mass is 16.1. The number of amides is 1. The van der Waals surface area contributed by atoms with Gasteiger partial charge in [0.05, 0.1) is 11.6 Å². The van der Waals surface area contributed by atoms with Gasteiger partial charge in [0.2, 0.25) is 5.91 Å². The predicted octanol–water partition coefficient (Wildman–Crippen LogP) is 3.07. The summed E-state index contributed by atoms with van der Waals surface area (Å²) in [4.78, 5) is 15.7. The van der Waals surface area contributed by atoms with Gasteiger partial charge >= 0.3 is 0 Å². The van der Waals surface area contributed by atoms with Crippen molar-refractivity contribution in [2.45, 2.75) is 26.8 Å². The number of para-hydroxylation sites is 1. The molecule has 18 heavy (non-hydrogen) atoms. The lowest BCUT2D eigenvalue weighted by atomic mass is 9.93. The van der Waals surface area contributed by atoms with Gasteiger partial charge in [-0.05, 0) is 23.6 Å². The zero-order chi connectivity index (χ0) is 13.1. The maximum atomic E-state index is 11.3. The van der Waals surface area contributed by atoms with E-state index in [0.29, 0.717) is 5.92 Å². The number of rotatable bonds is 3. The molecule has 0 spiro atoms. The molecular formula is C15H18N2O. The molecule has 0 aliphatic rings. The van der Waals surface area contributed by atoms with E-state index in [9.17, 15) is 4.79 Å². The maximum Gasteiger partial charge on any atom is 0.217 e. The summed E-state index contributed by atoms with van der Waals surface area (Å²) in [6.07, 6.45) is 1.80. The van der Waals surface area contributed by atoms with E-state index in [2.05, 4.69) is 30.2 Å². The number of fused-ring (bicyclic) bond motifs is 1. The molecule has 2 aromatic rings. The number of hydrogen-bond acceptors (Lipinski definition) is 2. The molecule has 0 radical (unpaired) electrons. The van der Waals surface area contributed by atoms with Crippen LogP contribution in [0.4, 0.5) is 0 Å². The Bertz CT molecular complexity index is 558. The molecule has 0 fully saturated rings. The Balaban J connectivity index is 2.53. The second-order valence-corrected chi connectivity index (χ2v) is 4.84. The van der Waals surface area contributed by atoms with E-state index >= 15 is 0 Å². The SMILES string of the molecule is CC(=O)NC(c1ccnc2ccccc12)C(C)C. The lowest BCUT2D eigenvalue weighted by Crippen LogP contribution is -2.29. The molecule has 1 aromatic carbocycles. The lowest BCUT2D eigenvalue weighted by Gasteiger charge is -2.23. The van der Waals surface area contributed by atoms with Crippen LogP contribution < -0.4 is 5.32 Å². The van der Waals surface area contributed by atoms with Gasteiger partial charge in [-0.2, -0.15) is 0 Å². The molecule has 1 atom stereocenters. The molecule has 0 saturated carbocycles. The molecule has 0 aliphatic heterocycles. The number of pyridine rings is 1. The first-order chi connectivity index (χ1) is 8.59. The smallest absolute Gasteiger partial charge is 0.217 e. The molecule has 94 valence electrons. The van der Waals surface area contributed by atoms with Crippen LogP contribution in [0.1, 0.15) is 32.4 Å². The summed E-state index contributed by atoms with van der Waals surface area (Å²) in [7, 11) is 0. The minimum atomic E-state index is -0.00501. The number of nitrogens with one attached hydrogen (secondary N) is 1. The van der Waals surface area contributed by atoms with E-state index in [4.69, 9.17) is 0 Å². The van der Waals surface area contributed by atoms with E-state index in [1.54, 1.807) is 13.1 Å². The van der Waals surface area contributed by atoms with E-state index < -0.39 is 0 Å². The third kappa shape index (κ3) is 2.50. The van der Waals surface area contributed by atoms with Crippen LogP contribution in [0.5, 0.6) is 0 Å². The molecule has 1 heterocycles. The summed E-state index contributed by atoms with van der Waals surface area (Å²) in [5, 5.41) is 4.13. The fourth-order valence-corrected chi connectivity index (χ4v) is 2.21. The van der Waals surface area contributed by atoms with Crippen molar-refractivity contribution in [3.05, 3.63) is 42.1 Å². The normalized spacial score (nSPS) is 12.7. The first-order valence-corrected chi connectivity index (χ1v) is 6.20. The molecule has 0 bridgehead atoms. The molecule has 1 amide bonds. The Morgan fingerprint density at radius 3 is 2.61 bits per heavy atom. The van der Waals surface area contributed by atoms with E-state index in [1.165, 1.54) is 0 Å². The zero-order valence-electron chi connectivity index (χ0n) is 11.0. The summed E-state index contributed by atoms with van der Waals surface area (Å²) >= 11 is 0. The highest BCUT2D eigenvalue weighted by Gasteiger charge is 2.18. The first kappa shape index (κ1) is 12.6. The zero-order valence-corrected chi connectivity index (χ0v) is 11.0. The Labute approximate surface area is 107 Å². The number of carbonyl (C=O) groups is 1. The Hall–Kier alpha value is -1.90. The van der Waals surface area contributed by atoms with Crippen molar-refractivity contribution in [1.82, 2.24) is 10.3 Å². The van der Waals surface area contributed by atoms with Crippen LogP contribution in [0.15, 0.2) is 36.5 Å². The largest absolute Gasteiger partial charge is 0.349 e. The van der Waals surface area contributed by atoms with E-state index in [1.807, 2.05) is 24.3 Å². The average Bonchev–Trinajstić information content (AvgIpc) is 2.35. The van der Waals surface area contributed by atoms with Crippen LogP contribution in [-0.4, -0.2) is 10.9 Å². The van der Waals surface area contributed by atoms with Crippen molar-refractivity contribution in [3.63, 3.8) is 0 Å². The molecule has 0 aliphatic carbocycles. The van der Waals surface area contributed by atoms with Crippen molar-refractivity contribution < 1.29 is 4.79 Å². The maximum absolute atomic E-state index is 11.3. The van der Waals surface area contributed by atoms with E-state index in [-0.39, 0.29) is 11.9 Å². The van der Waals surface area contributed by atoms with Gasteiger partial charge in [-0.25, -0.2) is 0 Å².